The van der Waals surface area contributed by atoms with Crippen molar-refractivity contribution in [2.24, 2.45) is 17.4 Å². The van der Waals surface area contributed by atoms with Gasteiger partial charge in [-0.15, -0.1) is 0 Å². The molecule has 0 saturated carbocycles. The van der Waals surface area contributed by atoms with Crippen molar-refractivity contribution in [2.45, 2.75) is 109 Å². The maximum atomic E-state index is 14.0. The van der Waals surface area contributed by atoms with Gasteiger partial charge in [0.15, 0.2) is 0 Å². The van der Waals surface area contributed by atoms with Crippen LogP contribution in [0.15, 0.2) is 66.9 Å². The van der Waals surface area contributed by atoms with E-state index in [0.717, 1.165) is 41.9 Å². The predicted octanol–water partition coefficient (Wildman–Crippen LogP) is 3.11. The molecule has 12 nitrogen and oxygen atoms in total. The van der Waals surface area contributed by atoms with E-state index >= 15 is 0 Å². The highest BCUT2D eigenvalue weighted by Gasteiger charge is 2.34. The molecule has 4 amide bonds. The third-order valence-electron chi connectivity index (χ3n) is 9.76. The summed E-state index contributed by atoms with van der Waals surface area (Å²) < 4.78 is 2.24. The summed E-state index contributed by atoms with van der Waals surface area (Å²) in [4.78, 5) is 61.5. The number of aryl methyl sites for hydroxylation is 2. The smallest absolute Gasteiger partial charge is 0.245 e. The summed E-state index contributed by atoms with van der Waals surface area (Å²) in [6.07, 6.45) is 6.16. The summed E-state index contributed by atoms with van der Waals surface area (Å²) in [5, 5.41) is 8.79. The second kappa shape index (κ2) is 19.9. The van der Waals surface area contributed by atoms with Gasteiger partial charge in [-0.25, -0.2) is 4.98 Å². The number of carbonyl (C=O) groups excluding carboxylic acids is 4. The number of hydrogen-bond acceptors (Lipinski definition) is 7. The van der Waals surface area contributed by atoms with Crippen LogP contribution in [0.2, 0.25) is 0 Å². The maximum Gasteiger partial charge on any atom is 0.245 e. The molecule has 4 atom stereocenters. The van der Waals surface area contributed by atoms with Crippen LogP contribution in [0.5, 0.6) is 0 Å². The highest BCUT2D eigenvalue weighted by Crippen LogP contribution is 2.26. The number of aromatic nitrogens is 2. The van der Waals surface area contributed by atoms with Crippen LogP contribution in [0.3, 0.4) is 0 Å². The van der Waals surface area contributed by atoms with Crippen molar-refractivity contribution in [1.82, 2.24) is 30.4 Å². The molecule has 0 bridgehead atoms. The molecule has 0 spiro atoms. The predicted molar refractivity (Wildman–Crippen MR) is 203 cm³/mol. The lowest BCUT2D eigenvalue weighted by Gasteiger charge is -2.36. The second-order valence-corrected chi connectivity index (χ2v) is 14.5. The first-order valence-electron chi connectivity index (χ1n) is 18.7. The van der Waals surface area contributed by atoms with Crippen LogP contribution in [0.25, 0.3) is 0 Å². The largest absolute Gasteiger partial charge is 0.343 e. The molecule has 1 aliphatic heterocycles. The first-order valence-corrected chi connectivity index (χ1v) is 18.7. The highest BCUT2D eigenvalue weighted by atomic mass is 16.2. The zero-order valence-electron chi connectivity index (χ0n) is 31.2. The fraction of sp³-hybridized carbons (Fsp3) is 0.525. The summed E-state index contributed by atoms with van der Waals surface area (Å²) in [5.41, 5.74) is 14.9. The molecule has 3 aromatic rings. The Morgan fingerprint density at radius 1 is 0.788 bits per heavy atom. The van der Waals surface area contributed by atoms with Crippen molar-refractivity contribution in [3.63, 3.8) is 0 Å². The van der Waals surface area contributed by atoms with Gasteiger partial charge in [-0.05, 0) is 82.4 Å². The third kappa shape index (κ3) is 11.7. The lowest BCUT2D eigenvalue weighted by atomic mass is 9.99. The molecule has 282 valence electrons. The van der Waals surface area contributed by atoms with Crippen molar-refractivity contribution >= 4 is 23.6 Å². The Bertz CT molecular complexity index is 1570. The molecule has 0 unspecified atom stereocenters. The number of piperidine rings is 1. The summed E-state index contributed by atoms with van der Waals surface area (Å²) in [5.74, 6) is -0.496. The molecular formula is C40H58N8O4. The van der Waals surface area contributed by atoms with E-state index < -0.39 is 41.9 Å². The van der Waals surface area contributed by atoms with Gasteiger partial charge in [0.1, 0.15) is 23.9 Å². The maximum absolute atomic E-state index is 14.0. The average molecular weight is 715 g/mol. The Kier molecular flexibility index (Phi) is 15.4. The van der Waals surface area contributed by atoms with E-state index in [9.17, 15) is 19.2 Å². The summed E-state index contributed by atoms with van der Waals surface area (Å²) in [7, 11) is 0. The second-order valence-electron chi connectivity index (χ2n) is 14.5. The van der Waals surface area contributed by atoms with Gasteiger partial charge in [0.05, 0.1) is 6.04 Å². The third-order valence-corrected chi connectivity index (χ3v) is 9.76. The number of nitrogens with one attached hydrogen (secondary N) is 3. The minimum atomic E-state index is -0.981. The van der Waals surface area contributed by atoms with Crippen LogP contribution in [-0.2, 0) is 32.0 Å². The van der Waals surface area contributed by atoms with Crippen molar-refractivity contribution in [3.8, 4) is 0 Å². The molecule has 1 fully saturated rings. The normalized spacial score (nSPS) is 15.8. The standard InChI is InChI=1S/C40H58N8O4/c1-27(2)23-35(46-39(51)36(25-31-15-9-6-10-16-31)45-37(49)33(42)24-30-13-7-5-8-14-30)38(50)44-34(17-11-12-20-41)40(52)47-21-18-32(19-22-47)48-28(3)26-43-29(48)4/h5-10,13-16,26-27,32-36H,11-12,17-25,41-42H2,1-4H3,(H,44,50)(H,45,49)(H,46,51)/t33-,34-,35-,36-/m1/s1. The van der Waals surface area contributed by atoms with Crippen molar-refractivity contribution < 1.29 is 19.2 Å². The number of imidazole rings is 1. The van der Waals surface area contributed by atoms with Crippen molar-refractivity contribution in [3.05, 3.63) is 89.5 Å². The van der Waals surface area contributed by atoms with E-state index in [4.69, 9.17) is 11.5 Å². The van der Waals surface area contributed by atoms with Crippen LogP contribution >= 0.6 is 0 Å². The Morgan fingerprint density at radius 2 is 1.35 bits per heavy atom. The monoisotopic (exact) mass is 714 g/mol. The molecule has 12 heteroatoms. The number of amides is 4. The molecule has 1 aromatic heterocycles. The van der Waals surface area contributed by atoms with Gasteiger partial charge in [0.2, 0.25) is 23.6 Å². The number of benzene rings is 2. The molecule has 1 saturated heterocycles. The van der Waals surface area contributed by atoms with Gasteiger partial charge in [0, 0.05) is 37.4 Å². The molecule has 0 aliphatic carbocycles. The first kappa shape index (κ1) is 40.2. The Morgan fingerprint density at radius 3 is 1.90 bits per heavy atom. The van der Waals surface area contributed by atoms with E-state index in [1.54, 1.807) is 0 Å². The topological polar surface area (TPSA) is 177 Å². The molecule has 2 aromatic carbocycles. The molecule has 1 aliphatic rings. The van der Waals surface area contributed by atoms with Crippen molar-refractivity contribution in [1.29, 1.82) is 0 Å². The molecule has 0 radical (unpaired) electrons. The van der Waals surface area contributed by atoms with E-state index in [0.29, 0.717) is 45.3 Å². The zero-order valence-corrected chi connectivity index (χ0v) is 31.2. The Balaban J connectivity index is 1.46. The molecule has 7 N–H and O–H groups in total. The SMILES string of the molecule is Cc1cnc(C)n1C1CCN(C(=O)[C@@H](CCCCN)NC(=O)[C@@H](CC(C)C)NC(=O)[C@@H](Cc2ccccc2)NC(=O)[C@H](N)Cc2ccccc2)CC1. The van der Waals surface area contributed by atoms with Gasteiger partial charge >= 0.3 is 0 Å². The summed E-state index contributed by atoms with van der Waals surface area (Å²) in [6, 6.07) is 15.6. The van der Waals surface area contributed by atoms with E-state index in [1.165, 1.54) is 0 Å². The van der Waals surface area contributed by atoms with Crippen LogP contribution < -0.4 is 27.4 Å². The molecular weight excluding hydrogens is 656 g/mol. The van der Waals surface area contributed by atoms with E-state index in [1.807, 2.05) is 99.5 Å². The number of likely N-dealkylation sites (tertiary alicyclic amines) is 1. The molecule has 2 heterocycles. The van der Waals surface area contributed by atoms with Gasteiger partial charge in [-0.2, -0.15) is 0 Å². The summed E-state index contributed by atoms with van der Waals surface area (Å²) in [6.45, 7) is 9.61. The van der Waals surface area contributed by atoms with E-state index in [-0.39, 0.29) is 24.3 Å². The molecule has 4 rings (SSSR count). The van der Waals surface area contributed by atoms with Crippen molar-refractivity contribution in [2.75, 3.05) is 19.6 Å². The number of nitrogens with two attached hydrogens (primary N) is 2. The number of nitrogens with zero attached hydrogens (tertiary/aromatic N) is 3. The number of rotatable bonds is 18. The fourth-order valence-electron chi connectivity index (χ4n) is 6.98. The number of carbonyl (C=O) groups is 4. The zero-order chi connectivity index (χ0) is 37.6. The van der Waals surface area contributed by atoms with Gasteiger partial charge in [-0.3, -0.25) is 19.2 Å². The van der Waals surface area contributed by atoms with E-state index in [2.05, 4.69) is 25.5 Å². The summed E-state index contributed by atoms with van der Waals surface area (Å²) >= 11 is 0. The van der Waals surface area contributed by atoms with Gasteiger partial charge < -0.3 is 36.9 Å². The van der Waals surface area contributed by atoms with Crippen LogP contribution in [-0.4, -0.2) is 81.9 Å². The quantitative estimate of drug-likeness (QED) is 0.126. The lowest BCUT2D eigenvalue weighted by molar-refractivity contribution is -0.139. The molecule has 52 heavy (non-hydrogen) atoms. The number of unbranched alkanes of at least 4 members (excludes halogenated alkanes) is 1. The van der Waals surface area contributed by atoms with Gasteiger partial charge in [-0.1, -0.05) is 74.5 Å². The minimum Gasteiger partial charge on any atom is -0.343 e. The minimum absolute atomic E-state index is 0.0537. The van der Waals surface area contributed by atoms with Crippen LogP contribution in [0.4, 0.5) is 0 Å². The van der Waals surface area contributed by atoms with Crippen LogP contribution in [0, 0.1) is 19.8 Å². The number of hydrogen-bond donors (Lipinski definition) is 5. The lowest BCUT2D eigenvalue weighted by Crippen LogP contribution is -2.59. The highest BCUT2D eigenvalue weighted by molar-refractivity contribution is 5.95. The van der Waals surface area contributed by atoms with Crippen LogP contribution in [0.1, 0.15) is 81.1 Å². The Hall–Kier alpha value is -4.55. The average Bonchev–Trinajstić information content (AvgIpc) is 3.47. The first-order chi connectivity index (χ1) is 25.0. The fourth-order valence-corrected chi connectivity index (χ4v) is 6.98. The van der Waals surface area contributed by atoms with Gasteiger partial charge in [0.25, 0.3) is 0 Å². The Labute approximate surface area is 308 Å².